The van der Waals surface area contributed by atoms with Crippen molar-refractivity contribution >= 4 is 11.8 Å². The molecule has 118 valence electrons. The predicted molar refractivity (Wildman–Crippen MR) is 80.4 cm³/mol. The topological polar surface area (TPSA) is 63.6 Å². The first-order valence-corrected chi connectivity index (χ1v) is 7.86. The van der Waals surface area contributed by atoms with E-state index < -0.39 is 6.10 Å². The molecule has 0 radical (unpaired) electrons. The highest BCUT2D eigenvalue weighted by atomic mass is 16.5. The summed E-state index contributed by atoms with van der Waals surface area (Å²) in [6.07, 6.45) is 5.26. The minimum Gasteiger partial charge on any atom is -0.469 e. The first-order valence-electron chi connectivity index (χ1n) is 7.86. The summed E-state index contributed by atoms with van der Waals surface area (Å²) < 4.78 is 4.54. The smallest absolute Gasteiger partial charge is 0.305 e. The van der Waals surface area contributed by atoms with E-state index in [4.69, 9.17) is 0 Å². The first-order chi connectivity index (χ1) is 10.1. The summed E-state index contributed by atoms with van der Waals surface area (Å²) in [5, 5.41) is 10.2. The van der Waals surface area contributed by atoms with Crippen LogP contribution in [0.1, 0.15) is 58.3 Å². The third-order valence-electron chi connectivity index (χ3n) is 4.07. The third-order valence-corrected chi connectivity index (χ3v) is 4.07. The zero-order chi connectivity index (χ0) is 15.7. The summed E-state index contributed by atoms with van der Waals surface area (Å²) >= 11 is 0. The van der Waals surface area contributed by atoms with Crippen LogP contribution in [-0.2, 0) is 14.3 Å². The summed E-state index contributed by atoms with van der Waals surface area (Å²) in [5.41, 5.74) is 0. The number of aliphatic hydroxyl groups excluding tert-OH is 1. The van der Waals surface area contributed by atoms with Gasteiger partial charge in [-0.25, -0.2) is 0 Å². The van der Waals surface area contributed by atoms with E-state index in [1.807, 2.05) is 0 Å². The van der Waals surface area contributed by atoms with Crippen LogP contribution in [0.4, 0.5) is 0 Å². The molecule has 0 aromatic carbocycles. The van der Waals surface area contributed by atoms with Crippen LogP contribution in [0.25, 0.3) is 0 Å². The molecule has 3 atom stereocenters. The van der Waals surface area contributed by atoms with Crippen LogP contribution in [0, 0.1) is 23.7 Å². The van der Waals surface area contributed by atoms with Crippen molar-refractivity contribution in [3.63, 3.8) is 0 Å². The number of carbonyl (C=O) groups is 2. The number of ketones is 1. The maximum Gasteiger partial charge on any atom is 0.305 e. The van der Waals surface area contributed by atoms with Gasteiger partial charge in [-0.05, 0) is 25.2 Å². The van der Waals surface area contributed by atoms with Crippen LogP contribution in [0.15, 0.2) is 0 Å². The molecule has 0 amide bonds. The number of rotatable bonds is 7. The Balaban J connectivity index is 2.43. The normalized spacial score (nSPS) is 22.5. The van der Waals surface area contributed by atoms with Gasteiger partial charge < -0.3 is 9.84 Å². The van der Waals surface area contributed by atoms with Gasteiger partial charge in [0, 0.05) is 19.3 Å². The van der Waals surface area contributed by atoms with E-state index in [-0.39, 0.29) is 23.6 Å². The van der Waals surface area contributed by atoms with Crippen molar-refractivity contribution in [3.8, 4) is 11.8 Å². The lowest BCUT2D eigenvalue weighted by molar-refractivity contribution is -0.140. The Kier molecular flexibility index (Phi) is 8.07. The fourth-order valence-electron chi connectivity index (χ4n) is 2.85. The van der Waals surface area contributed by atoms with Crippen molar-refractivity contribution < 1.29 is 19.4 Å². The maximum absolute atomic E-state index is 11.9. The van der Waals surface area contributed by atoms with Gasteiger partial charge in [0.05, 0.1) is 13.0 Å². The van der Waals surface area contributed by atoms with Crippen molar-refractivity contribution in [2.24, 2.45) is 11.8 Å². The summed E-state index contributed by atoms with van der Waals surface area (Å²) in [6, 6.07) is 0. The molecule has 4 nitrogen and oxygen atoms in total. The van der Waals surface area contributed by atoms with Gasteiger partial charge in [-0.1, -0.05) is 25.7 Å². The Morgan fingerprint density at radius 3 is 2.90 bits per heavy atom. The van der Waals surface area contributed by atoms with Crippen LogP contribution < -0.4 is 0 Å². The van der Waals surface area contributed by atoms with Gasteiger partial charge in [0.2, 0.25) is 0 Å². The van der Waals surface area contributed by atoms with E-state index in [9.17, 15) is 14.7 Å². The van der Waals surface area contributed by atoms with Gasteiger partial charge in [-0.2, -0.15) is 0 Å². The molecule has 21 heavy (non-hydrogen) atoms. The van der Waals surface area contributed by atoms with Gasteiger partial charge in [-0.15, -0.1) is 5.92 Å². The molecule has 4 heteroatoms. The van der Waals surface area contributed by atoms with Gasteiger partial charge in [0.25, 0.3) is 0 Å². The van der Waals surface area contributed by atoms with Crippen LogP contribution in [0.3, 0.4) is 0 Å². The molecule has 1 fully saturated rings. The van der Waals surface area contributed by atoms with Crippen LogP contribution in [-0.4, -0.2) is 30.1 Å². The molecule has 0 aliphatic heterocycles. The lowest BCUT2D eigenvalue weighted by Crippen LogP contribution is -2.28. The Hall–Kier alpha value is -1.34. The highest BCUT2D eigenvalue weighted by Crippen LogP contribution is 2.34. The second-order valence-electron chi connectivity index (χ2n) is 5.63. The highest BCUT2D eigenvalue weighted by Gasteiger charge is 2.38. The molecular weight excluding hydrogens is 268 g/mol. The van der Waals surface area contributed by atoms with E-state index in [1.165, 1.54) is 7.11 Å². The maximum atomic E-state index is 11.9. The molecule has 3 unspecified atom stereocenters. The fourth-order valence-corrected chi connectivity index (χ4v) is 2.85. The van der Waals surface area contributed by atoms with Crippen LogP contribution >= 0.6 is 0 Å². The third kappa shape index (κ3) is 5.89. The summed E-state index contributed by atoms with van der Waals surface area (Å²) in [5.74, 6) is 5.52. The van der Waals surface area contributed by atoms with Gasteiger partial charge in [0.15, 0.2) is 0 Å². The fraction of sp³-hybridized carbons (Fsp3) is 0.765. The first kappa shape index (κ1) is 17.7. The van der Waals surface area contributed by atoms with E-state index in [0.29, 0.717) is 25.7 Å². The zero-order valence-corrected chi connectivity index (χ0v) is 13.1. The molecule has 1 saturated carbocycles. The molecule has 0 aromatic rings. The molecule has 0 aromatic heterocycles. The molecule has 1 N–H and O–H groups in total. The number of unbranched alkanes of at least 4 members (excludes halogenated alkanes) is 2. The number of hydrogen-bond donors (Lipinski definition) is 1. The molecular formula is C17H26O4. The molecule has 0 heterocycles. The molecule has 1 rings (SSSR count). The quantitative estimate of drug-likeness (QED) is 0.445. The lowest BCUT2D eigenvalue weighted by atomic mass is 9.86. The van der Waals surface area contributed by atoms with Gasteiger partial charge in [0.1, 0.15) is 11.9 Å². The summed E-state index contributed by atoms with van der Waals surface area (Å²) in [7, 11) is 1.36. The number of ether oxygens (including phenoxy) is 1. The molecule has 0 bridgehead atoms. The number of carbonyl (C=O) groups excluding carboxylic acids is 2. The second-order valence-corrected chi connectivity index (χ2v) is 5.63. The van der Waals surface area contributed by atoms with Crippen molar-refractivity contribution in [3.05, 3.63) is 0 Å². The van der Waals surface area contributed by atoms with Crippen molar-refractivity contribution in [1.82, 2.24) is 0 Å². The number of methoxy groups -OCH3 is 1. The van der Waals surface area contributed by atoms with E-state index in [2.05, 4.69) is 23.5 Å². The minimum absolute atomic E-state index is 0.146. The van der Waals surface area contributed by atoms with Crippen LogP contribution in [0.2, 0.25) is 0 Å². The Bertz CT molecular complexity index is 405. The summed E-state index contributed by atoms with van der Waals surface area (Å²) in [4.78, 5) is 22.9. The monoisotopic (exact) mass is 294 g/mol. The van der Waals surface area contributed by atoms with E-state index >= 15 is 0 Å². The van der Waals surface area contributed by atoms with E-state index in [1.54, 1.807) is 0 Å². The zero-order valence-electron chi connectivity index (χ0n) is 13.1. The number of aliphatic hydroxyl groups is 1. The molecule has 1 aliphatic carbocycles. The number of Topliss-reactive ketones (excluding diaryl/α,β-unsaturated/α-hetero) is 1. The van der Waals surface area contributed by atoms with Gasteiger partial charge in [-0.3, -0.25) is 9.59 Å². The highest BCUT2D eigenvalue weighted by molar-refractivity contribution is 5.84. The largest absolute Gasteiger partial charge is 0.469 e. The second kappa shape index (κ2) is 9.57. The van der Waals surface area contributed by atoms with Crippen molar-refractivity contribution in [2.75, 3.05) is 7.11 Å². The lowest BCUT2D eigenvalue weighted by Gasteiger charge is -2.19. The Labute approximate surface area is 127 Å². The standard InChI is InChI=1S/C17H26O4/c1-3-4-8-13-11-12-15(19)17(13)14(18)9-6-5-7-10-16(20)21-2/h13-14,17-18H,3-5,7-8,10-12H2,1-2H3. The van der Waals surface area contributed by atoms with Crippen molar-refractivity contribution in [2.45, 2.75) is 64.4 Å². The SMILES string of the molecule is CCCCC1CCC(=O)C1C(O)C#CCCCC(=O)OC. The van der Waals surface area contributed by atoms with Gasteiger partial charge >= 0.3 is 5.97 Å². The number of hydrogen-bond acceptors (Lipinski definition) is 4. The average molecular weight is 294 g/mol. The minimum atomic E-state index is -0.861. The van der Waals surface area contributed by atoms with Crippen LogP contribution in [0.5, 0.6) is 0 Å². The molecule has 1 aliphatic rings. The Morgan fingerprint density at radius 1 is 1.48 bits per heavy atom. The average Bonchev–Trinajstić information content (AvgIpc) is 2.85. The van der Waals surface area contributed by atoms with E-state index in [0.717, 1.165) is 25.7 Å². The summed E-state index contributed by atoms with van der Waals surface area (Å²) in [6.45, 7) is 2.13. The molecule has 0 spiro atoms. The van der Waals surface area contributed by atoms with Crippen molar-refractivity contribution in [1.29, 1.82) is 0 Å². The number of esters is 1. The molecule has 0 saturated heterocycles. The Morgan fingerprint density at radius 2 is 2.24 bits per heavy atom. The predicted octanol–water partition coefficient (Wildman–Crippen LogP) is 2.48.